The molecule has 0 radical (unpaired) electrons. The van der Waals surface area contributed by atoms with Gasteiger partial charge in [0.25, 0.3) is 0 Å². The van der Waals surface area contributed by atoms with Crippen LogP contribution in [0.1, 0.15) is 63.1 Å². The second-order valence-corrected chi connectivity index (χ2v) is 8.27. The number of amides is 1. The fourth-order valence-electron chi connectivity index (χ4n) is 4.58. The van der Waals surface area contributed by atoms with E-state index in [1.54, 1.807) is 0 Å². The highest BCUT2D eigenvalue weighted by molar-refractivity contribution is 5.79. The average Bonchev–Trinajstić information content (AvgIpc) is 3.28. The zero-order chi connectivity index (χ0) is 18.1. The number of rotatable bonds is 3. The number of ether oxygens (including phenoxy) is 2. The molecular formula is C19H29N3O4. The van der Waals surface area contributed by atoms with Gasteiger partial charge < -0.3 is 18.8 Å². The van der Waals surface area contributed by atoms with Gasteiger partial charge in [0, 0.05) is 56.8 Å². The minimum absolute atomic E-state index is 0.000139. The molecule has 3 fully saturated rings. The molecule has 7 nitrogen and oxygen atoms in total. The summed E-state index contributed by atoms with van der Waals surface area (Å²) < 4.78 is 17.0. The van der Waals surface area contributed by atoms with Crippen molar-refractivity contribution in [2.75, 3.05) is 39.5 Å². The van der Waals surface area contributed by atoms with E-state index in [4.69, 9.17) is 13.9 Å². The smallest absolute Gasteiger partial charge is 0.225 e. The lowest BCUT2D eigenvalue weighted by molar-refractivity contribution is -0.138. The van der Waals surface area contributed by atoms with Crippen LogP contribution in [0.25, 0.3) is 0 Å². The van der Waals surface area contributed by atoms with E-state index < -0.39 is 0 Å². The zero-order valence-corrected chi connectivity index (χ0v) is 15.8. The SMILES string of the molecule is CC(C)c1nnc(C2CN(C(=O)C3CCOCC3)CC23CCOCC3)o1. The fraction of sp³-hybridized carbons (Fsp3) is 0.842. The van der Waals surface area contributed by atoms with E-state index in [9.17, 15) is 4.79 Å². The van der Waals surface area contributed by atoms with Crippen LogP contribution in [0.5, 0.6) is 0 Å². The first-order valence-electron chi connectivity index (χ1n) is 9.87. The van der Waals surface area contributed by atoms with E-state index >= 15 is 0 Å². The molecule has 0 aliphatic carbocycles. The molecule has 26 heavy (non-hydrogen) atoms. The van der Waals surface area contributed by atoms with E-state index in [1.807, 2.05) is 4.90 Å². The van der Waals surface area contributed by atoms with Crippen LogP contribution < -0.4 is 0 Å². The molecule has 1 aromatic rings. The number of hydrogen-bond donors (Lipinski definition) is 0. The van der Waals surface area contributed by atoms with Gasteiger partial charge >= 0.3 is 0 Å². The van der Waals surface area contributed by atoms with Gasteiger partial charge in [-0.15, -0.1) is 10.2 Å². The third kappa shape index (κ3) is 3.27. The van der Waals surface area contributed by atoms with Crippen LogP contribution in [0.4, 0.5) is 0 Å². The van der Waals surface area contributed by atoms with E-state index in [2.05, 4.69) is 24.0 Å². The average molecular weight is 363 g/mol. The molecule has 0 bridgehead atoms. The highest BCUT2D eigenvalue weighted by Crippen LogP contribution is 2.49. The molecule has 0 N–H and O–H groups in total. The molecule has 0 saturated carbocycles. The normalized spacial score (nSPS) is 26.7. The highest BCUT2D eigenvalue weighted by Gasteiger charge is 2.52. The minimum Gasteiger partial charge on any atom is -0.425 e. The maximum atomic E-state index is 13.1. The van der Waals surface area contributed by atoms with Crippen molar-refractivity contribution in [2.24, 2.45) is 11.3 Å². The lowest BCUT2D eigenvalue weighted by Gasteiger charge is -2.36. The number of likely N-dealkylation sites (tertiary alicyclic amines) is 1. The van der Waals surface area contributed by atoms with E-state index in [1.165, 1.54) is 0 Å². The van der Waals surface area contributed by atoms with Crippen molar-refractivity contribution in [3.8, 4) is 0 Å². The maximum absolute atomic E-state index is 13.1. The Morgan fingerprint density at radius 1 is 1.12 bits per heavy atom. The van der Waals surface area contributed by atoms with Crippen LogP contribution in [0.15, 0.2) is 4.42 Å². The van der Waals surface area contributed by atoms with Gasteiger partial charge in [-0.1, -0.05) is 13.8 Å². The number of nitrogens with zero attached hydrogens (tertiary/aromatic N) is 3. The summed E-state index contributed by atoms with van der Waals surface area (Å²) in [6, 6.07) is 0. The van der Waals surface area contributed by atoms with Crippen LogP contribution in [-0.4, -0.2) is 60.5 Å². The molecule has 1 aromatic heterocycles. The first-order chi connectivity index (χ1) is 12.6. The number of aromatic nitrogens is 2. The van der Waals surface area contributed by atoms with E-state index in [-0.39, 0.29) is 29.1 Å². The summed E-state index contributed by atoms with van der Waals surface area (Å²) in [5.41, 5.74) is -0.000139. The Labute approximate surface area is 154 Å². The molecule has 3 aliphatic heterocycles. The first kappa shape index (κ1) is 17.9. The fourth-order valence-corrected chi connectivity index (χ4v) is 4.58. The van der Waals surface area contributed by atoms with Gasteiger partial charge in [0.15, 0.2) is 0 Å². The van der Waals surface area contributed by atoms with Crippen LogP contribution in [-0.2, 0) is 14.3 Å². The van der Waals surface area contributed by atoms with Crippen molar-refractivity contribution in [2.45, 2.75) is 51.4 Å². The summed E-state index contributed by atoms with van der Waals surface area (Å²) in [5.74, 6) is 2.05. The van der Waals surface area contributed by atoms with Crippen LogP contribution >= 0.6 is 0 Å². The monoisotopic (exact) mass is 363 g/mol. The lowest BCUT2D eigenvalue weighted by Crippen LogP contribution is -2.40. The summed E-state index contributed by atoms with van der Waals surface area (Å²) in [4.78, 5) is 15.1. The Hall–Kier alpha value is -1.47. The van der Waals surface area contributed by atoms with Gasteiger partial charge in [-0.2, -0.15) is 0 Å². The lowest BCUT2D eigenvalue weighted by atomic mass is 9.72. The second-order valence-electron chi connectivity index (χ2n) is 8.27. The van der Waals surface area contributed by atoms with Gasteiger partial charge in [0.1, 0.15) is 0 Å². The largest absolute Gasteiger partial charge is 0.425 e. The summed E-state index contributed by atoms with van der Waals surface area (Å²) in [7, 11) is 0. The number of carbonyl (C=O) groups excluding carboxylic acids is 1. The molecule has 1 unspecified atom stereocenters. The number of hydrogen-bond acceptors (Lipinski definition) is 6. The quantitative estimate of drug-likeness (QED) is 0.820. The molecule has 4 rings (SSSR count). The van der Waals surface area contributed by atoms with Crippen LogP contribution in [0.3, 0.4) is 0 Å². The van der Waals surface area contributed by atoms with Gasteiger partial charge in [-0.05, 0) is 25.7 Å². The number of carbonyl (C=O) groups is 1. The molecule has 1 atom stereocenters. The van der Waals surface area contributed by atoms with Gasteiger partial charge in [-0.3, -0.25) is 4.79 Å². The summed E-state index contributed by atoms with van der Waals surface area (Å²) in [5, 5.41) is 8.59. The van der Waals surface area contributed by atoms with E-state index in [0.29, 0.717) is 31.5 Å². The standard InChI is InChI=1S/C19H29N3O4/c1-13(2)16-20-21-17(26-16)15-11-22(12-19(15)5-9-25-10-6-19)18(23)14-3-7-24-8-4-14/h13-15H,3-12H2,1-2H3. The molecule has 1 amide bonds. The molecular weight excluding hydrogens is 334 g/mol. The Bertz CT molecular complexity index is 632. The van der Waals surface area contributed by atoms with Crippen LogP contribution in [0, 0.1) is 11.3 Å². The molecule has 3 aliphatic rings. The van der Waals surface area contributed by atoms with Crippen molar-refractivity contribution in [3.63, 3.8) is 0 Å². The van der Waals surface area contributed by atoms with Crippen molar-refractivity contribution < 1.29 is 18.7 Å². The van der Waals surface area contributed by atoms with Gasteiger partial charge in [0.05, 0.1) is 5.92 Å². The summed E-state index contributed by atoms with van der Waals surface area (Å²) in [6.45, 7) is 8.41. The van der Waals surface area contributed by atoms with Crippen molar-refractivity contribution in [1.82, 2.24) is 15.1 Å². The molecule has 7 heteroatoms. The van der Waals surface area contributed by atoms with Crippen molar-refractivity contribution in [3.05, 3.63) is 11.8 Å². The highest BCUT2D eigenvalue weighted by atomic mass is 16.5. The molecule has 4 heterocycles. The maximum Gasteiger partial charge on any atom is 0.225 e. The Morgan fingerprint density at radius 3 is 2.46 bits per heavy atom. The predicted octanol–water partition coefficient (Wildman–Crippen LogP) is 2.34. The molecule has 3 saturated heterocycles. The minimum atomic E-state index is -0.000139. The van der Waals surface area contributed by atoms with Crippen molar-refractivity contribution >= 4 is 5.91 Å². The predicted molar refractivity (Wildman–Crippen MR) is 93.7 cm³/mol. The second kappa shape index (κ2) is 7.27. The van der Waals surface area contributed by atoms with Gasteiger partial charge in [0.2, 0.25) is 17.7 Å². The molecule has 1 spiro atoms. The summed E-state index contributed by atoms with van der Waals surface area (Å²) >= 11 is 0. The van der Waals surface area contributed by atoms with Crippen LogP contribution in [0.2, 0.25) is 0 Å². The first-order valence-corrected chi connectivity index (χ1v) is 9.87. The summed E-state index contributed by atoms with van der Waals surface area (Å²) in [6.07, 6.45) is 3.53. The third-order valence-corrected chi connectivity index (χ3v) is 6.27. The topological polar surface area (TPSA) is 77.7 Å². The van der Waals surface area contributed by atoms with Gasteiger partial charge in [-0.25, -0.2) is 0 Å². The Balaban J connectivity index is 1.57. The Morgan fingerprint density at radius 2 is 1.81 bits per heavy atom. The van der Waals surface area contributed by atoms with Crippen molar-refractivity contribution in [1.29, 1.82) is 0 Å². The van der Waals surface area contributed by atoms with E-state index in [0.717, 1.165) is 45.4 Å². The Kier molecular flexibility index (Phi) is 5.01. The molecule has 0 aromatic carbocycles. The zero-order valence-electron chi connectivity index (χ0n) is 15.8. The third-order valence-electron chi connectivity index (χ3n) is 6.27. The molecule has 144 valence electrons.